The largest absolute Gasteiger partial charge is 0.337 e. The van der Waals surface area contributed by atoms with Crippen LogP contribution < -0.4 is 5.73 Å². The van der Waals surface area contributed by atoms with E-state index in [1.807, 2.05) is 35.7 Å². The standard InChI is InChI=1S/C16H15BrN2OS/c1-19(16(20)14-9-15(17)21-11-14)10-13-6-3-2-5-12(13)7-4-8-18/h2-3,5-6,9,11H,8,10,18H2,1H3. The third-order valence-electron chi connectivity index (χ3n) is 2.91. The van der Waals surface area contributed by atoms with Gasteiger partial charge in [0.25, 0.3) is 5.91 Å². The molecule has 2 N–H and O–H groups in total. The highest BCUT2D eigenvalue weighted by Gasteiger charge is 2.14. The number of rotatable bonds is 3. The average Bonchev–Trinajstić information content (AvgIpc) is 2.92. The number of halogens is 1. The molecule has 2 aromatic rings. The molecule has 1 aromatic carbocycles. The van der Waals surface area contributed by atoms with Gasteiger partial charge in [0.05, 0.1) is 15.9 Å². The van der Waals surface area contributed by atoms with Crippen molar-refractivity contribution >= 4 is 33.2 Å². The van der Waals surface area contributed by atoms with Gasteiger partial charge in [0.15, 0.2) is 0 Å². The van der Waals surface area contributed by atoms with Crippen LogP contribution in [0.3, 0.4) is 0 Å². The molecule has 1 amide bonds. The van der Waals surface area contributed by atoms with Gasteiger partial charge < -0.3 is 10.6 Å². The summed E-state index contributed by atoms with van der Waals surface area (Å²) in [6, 6.07) is 9.64. The summed E-state index contributed by atoms with van der Waals surface area (Å²) in [6.45, 7) is 0.841. The lowest BCUT2D eigenvalue weighted by Gasteiger charge is -2.17. The first-order chi connectivity index (χ1) is 10.1. The van der Waals surface area contributed by atoms with Crippen molar-refractivity contribution in [1.82, 2.24) is 4.90 Å². The van der Waals surface area contributed by atoms with Gasteiger partial charge in [-0.1, -0.05) is 30.0 Å². The molecule has 0 spiro atoms. The number of hydrogen-bond acceptors (Lipinski definition) is 3. The Kier molecular flexibility index (Phi) is 5.57. The normalized spacial score (nSPS) is 9.86. The second-order valence-corrected chi connectivity index (χ2v) is 6.75. The number of benzene rings is 1. The third kappa shape index (κ3) is 4.18. The van der Waals surface area contributed by atoms with Crippen LogP contribution >= 0.6 is 27.3 Å². The molecule has 0 radical (unpaired) electrons. The van der Waals surface area contributed by atoms with Crippen LogP contribution in [0.4, 0.5) is 0 Å². The highest BCUT2D eigenvalue weighted by Crippen LogP contribution is 2.22. The van der Waals surface area contributed by atoms with Crippen LogP contribution in [0.1, 0.15) is 21.5 Å². The predicted octanol–water partition coefficient (Wildman–Crippen LogP) is 3.09. The van der Waals surface area contributed by atoms with E-state index < -0.39 is 0 Å². The van der Waals surface area contributed by atoms with Gasteiger partial charge in [0.1, 0.15) is 0 Å². The Balaban J connectivity index is 2.16. The fourth-order valence-corrected chi connectivity index (χ4v) is 3.03. The minimum Gasteiger partial charge on any atom is -0.337 e. The minimum absolute atomic E-state index is 0.00135. The molecule has 3 nitrogen and oxygen atoms in total. The molecule has 108 valence electrons. The maximum atomic E-state index is 12.3. The molecule has 0 atom stereocenters. The second kappa shape index (κ2) is 7.41. The number of carbonyl (C=O) groups is 1. The van der Waals surface area contributed by atoms with Crippen molar-refractivity contribution in [2.24, 2.45) is 5.73 Å². The first kappa shape index (κ1) is 15.8. The summed E-state index contributed by atoms with van der Waals surface area (Å²) >= 11 is 4.88. The van der Waals surface area contributed by atoms with E-state index in [-0.39, 0.29) is 5.91 Å². The summed E-state index contributed by atoms with van der Waals surface area (Å²) in [7, 11) is 1.79. The van der Waals surface area contributed by atoms with E-state index in [0.717, 1.165) is 14.9 Å². The summed E-state index contributed by atoms with van der Waals surface area (Å²) < 4.78 is 0.952. The van der Waals surface area contributed by atoms with Crippen LogP contribution in [-0.4, -0.2) is 24.4 Å². The zero-order valence-electron chi connectivity index (χ0n) is 11.6. The van der Waals surface area contributed by atoms with Gasteiger partial charge in [-0.25, -0.2) is 0 Å². The Morgan fingerprint density at radius 3 is 2.86 bits per heavy atom. The highest BCUT2D eigenvalue weighted by molar-refractivity contribution is 9.11. The molecule has 0 fully saturated rings. The number of thiophene rings is 1. The minimum atomic E-state index is -0.00135. The summed E-state index contributed by atoms with van der Waals surface area (Å²) in [5.74, 6) is 5.89. The monoisotopic (exact) mass is 362 g/mol. The van der Waals surface area contributed by atoms with Crippen molar-refractivity contribution in [1.29, 1.82) is 0 Å². The van der Waals surface area contributed by atoms with Crippen molar-refractivity contribution < 1.29 is 4.79 Å². The van der Waals surface area contributed by atoms with E-state index in [0.29, 0.717) is 18.7 Å². The van der Waals surface area contributed by atoms with E-state index in [2.05, 4.69) is 27.8 Å². The van der Waals surface area contributed by atoms with Crippen LogP contribution in [0, 0.1) is 11.8 Å². The number of carbonyl (C=O) groups excluding carboxylic acids is 1. The van der Waals surface area contributed by atoms with Gasteiger partial charge in [-0.15, -0.1) is 11.3 Å². The van der Waals surface area contributed by atoms with Gasteiger partial charge in [0, 0.05) is 24.5 Å². The molecule has 0 unspecified atom stereocenters. The van der Waals surface area contributed by atoms with Gasteiger partial charge in [-0.05, 0) is 33.6 Å². The van der Waals surface area contributed by atoms with Crippen LogP contribution in [-0.2, 0) is 6.54 Å². The Bertz CT molecular complexity index is 700. The summed E-state index contributed by atoms with van der Waals surface area (Å²) in [5.41, 5.74) is 8.04. The molecule has 0 aliphatic carbocycles. The van der Waals surface area contributed by atoms with Crippen LogP contribution in [0.2, 0.25) is 0 Å². The Labute approximate surface area is 136 Å². The summed E-state index contributed by atoms with van der Waals surface area (Å²) in [4.78, 5) is 14.0. The number of nitrogens with two attached hydrogens (primary N) is 1. The van der Waals surface area contributed by atoms with Gasteiger partial charge in [0.2, 0.25) is 0 Å². The molecule has 1 aromatic heterocycles. The van der Waals surface area contributed by atoms with Gasteiger partial charge >= 0.3 is 0 Å². The second-order valence-electron chi connectivity index (χ2n) is 4.46. The van der Waals surface area contributed by atoms with Crippen molar-refractivity contribution in [2.75, 3.05) is 13.6 Å². The molecule has 1 heterocycles. The fourth-order valence-electron chi connectivity index (χ4n) is 1.90. The SMILES string of the molecule is CN(Cc1ccccc1C#CCN)C(=O)c1csc(Br)c1. The van der Waals surface area contributed by atoms with Crippen LogP contribution in [0.15, 0.2) is 39.5 Å². The van der Waals surface area contributed by atoms with Gasteiger partial charge in [-0.2, -0.15) is 0 Å². The van der Waals surface area contributed by atoms with E-state index >= 15 is 0 Å². The molecular weight excluding hydrogens is 348 g/mol. The lowest BCUT2D eigenvalue weighted by molar-refractivity contribution is 0.0785. The smallest absolute Gasteiger partial charge is 0.254 e. The molecule has 0 bridgehead atoms. The van der Waals surface area contributed by atoms with Crippen molar-refractivity contribution in [3.63, 3.8) is 0 Å². The first-order valence-corrected chi connectivity index (χ1v) is 8.05. The lowest BCUT2D eigenvalue weighted by Crippen LogP contribution is -2.26. The maximum absolute atomic E-state index is 12.3. The third-order valence-corrected chi connectivity index (χ3v) is 4.42. The Morgan fingerprint density at radius 2 is 2.19 bits per heavy atom. The maximum Gasteiger partial charge on any atom is 0.254 e. The average molecular weight is 363 g/mol. The Morgan fingerprint density at radius 1 is 1.43 bits per heavy atom. The molecule has 5 heteroatoms. The summed E-state index contributed by atoms with van der Waals surface area (Å²) in [6.07, 6.45) is 0. The quantitative estimate of drug-likeness (QED) is 0.852. The molecule has 0 aliphatic rings. The molecule has 2 rings (SSSR count). The Hall–Kier alpha value is -1.61. The zero-order valence-corrected chi connectivity index (χ0v) is 14.0. The molecular formula is C16H15BrN2OS. The fraction of sp³-hybridized carbons (Fsp3) is 0.188. The number of hydrogen-bond donors (Lipinski definition) is 1. The lowest BCUT2D eigenvalue weighted by atomic mass is 10.1. The molecule has 0 saturated carbocycles. The predicted molar refractivity (Wildman–Crippen MR) is 90.2 cm³/mol. The first-order valence-electron chi connectivity index (χ1n) is 6.38. The highest BCUT2D eigenvalue weighted by atomic mass is 79.9. The van der Waals surface area contributed by atoms with E-state index in [4.69, 9.17) is 5.73 Å². The van der Waals surface area contributed by atoms with Crippen LogP contribution in [0.5, 0.6) is 0 Å². The topological polar surface area (TPSA) is 46.3 Å². The van der Waals surface area contributed by atoms with Crippen molar-refractivity contribution in [3.8, 4) is 11.8 Å². The zero-order chi connectivity index (χ0) is 15.2. The molecule has 0 saturated heterocycles. The summed E-state index contributed by atoms with van der Waals surface area (Å²) in [5, 5.41) is 1.85. The number of amides is 1. The number of nitrogens with zero attached hydrogens (tertiary/aromatic N) is 1. The van der Waals surface area contributed by atoms with Crippen LogP contribution in [0.25, 0.3) is 0 Å². The van der Waals surface area contributed by atoms with Gasteiger partial charge in [-0.3, -0.25) is 4.79 Å². The van der Waals surface area contributed by atoms with E-state index in [1.54, 1.807) is 11.9 Å². The van der Waals surface area contributed by atoms with E-state index in [1.165, 1.54) is 11.3 Å². The van der Waals surface area contributed by atoms with Crippen molar-refractivity contribution in [2.45, 2.75) is 6.54 Å². The molecule has 21 heavy (non-hydrogen) atoms. The van der Waals surface area contributed by atoms with Crippen molar-refractivity contribution in [3.05, 3.63) is 56.2 Å². The molecule has 0 aliphatic heterocycles. The van der Waals surface area contributed by atoms with E-state index in [9.17, 15) is 4.79 Å².